The van der Waals surface area contributed by atoms with Crippen LogP contribution in [-0.2, 0) is 27.7 Å². The zero-order valence-corrected chi connectivity index (χ0v) is 32.3. The van der Waals surface area contributed by atoms with Crippen molar-refractivity contribution >= 4 is 31.0 Å². The average molecular weight is 735 g/mol. The molecule has 4 rings (SSSR count). The Kier molecular flexibility index (Phi) is 12.7. The number of hydrogen-bond donors (Lipinski definition) is 2. The molecule has 1 aliphatic rings. The van der Waals surface area contributed by atoms with Crippen LogP contribution in [0, 0.1) is 12.8 Å². The fraction of sp³-hybridized carbons (Fsp3) is 0.600. The summed E-state index contributed by atoms with van der Waals surface area (Å²) in [6.07, 6.45) is -0.807. The summed E-state index contributed by atoms with van der Waals surface area (Å²) in [7, 11) is -4.18. The van der Waals surface area contributed by atoms with Crippen LogP contribution in [0.2, 0.25) is 0 Å². The van der Waals surface area contributed by atoms with Gasteiger partial charge in [-0.25, -0.2) is 9.55 Å². The number of amides is 2. The molecule has 3 aromatic rings. The highest BCUT2D eigenvalue weighted by molar-refractivity contribution is 7.48. The number of hydrogen-bond acceptors (Lipinski definition) is 12. The van der Waals surface area contributed by atoms with E-state index < -0.39 is 54.9 Å². The van der Waals surface area contributed by atoms with Crippen molar-refractivity contribution in [3.63, 3.8) is 0 Å². The summed E-state index contributed by atoms with van der Waals surface area (Å²) in [5, 5.41) is 16.1. The summed E-state index contributed by atoms with van der Waals surface area (Å²) in [6.45, 7) is 17.8. The van der Waals surface area contributed by atoms with Gasteiger partial charge in [0.2, 0.25) is 11.8 Å². The summed E-state index contributed by atoms with van der Waals surface area (Å²) in [5.41, 5.74) is 2.94. The molecule has 1 saturated heterocycles. The smallest absolute Gasteiger partial charge is 0.473 e. The average Bonchev–Trinajstić information content (AvgIpc) is 3.74. The Balaban J connectivity index is 1.62. The Morgan fingerprint density at radius 3 is 2.28 bits per heavy atom. The third-order valence-electron chi connectivity index (χ3n) is 7.76. The van der Waals surface area contributed by atoms with E-state index >= 15 is 0 Å². The van der Waals surface area contributed by atoms with E-state index in [9.17, 15) is 14.2 Å². The van der Waals surface area contributed by atoms with Crippen molar-refractivity contribution in [3.8, 4) is 16.3 Å². The normalized spacial score (nSPS) is 18.4. The van der Waals surface area contributed by atoms with Gasteiger partial charge in [-0.15, -0.1) is 11.3 Å². The second kappa shape index (κ2) is 16.0. The van der Waals surface area contributed by atoms with Crippen molar-refractivity contribution in [2.24, 2.45) is 5.92 Å². The standard InChI is InChI=1S/C35H51N4O9PS/c1-21(2)30(28-18-29(38-45-28)44-16-15-40)33(42)39-19-26(46-49(43,47-34(5,6)7)48-35(8,9)10)17-27(39)32(41)37-22(3)24-11-13-25(14-12-24)31-23(4)36-20-50-31/h11-14,18,20-22,26-27,30,40H,15-17,19H2,1-10H3,(H,37,41)/t22-,26+,27-,30+/m0/s1. The van der Waals surface area contributed by atoms with E-state index in [1.807, 2.05) is 57.5 Å². The number of aliphatic hydroxyl groups is 1. The first-order chi connectivity index (χ1) is 23.3. The van der Waals surface area contributed by atoms with Gasteiger partial charge in [-0.05, 0) is 77.6 Å². The van der Waals surface area contributed by atoms with Crippen LogP contribution < -0.4 is 10.1 Å². The first kappa shape index (κ1) is 39.7. The number of benzene rings is 1. The fourth-order valence-corrected chi connectivity index (χ4v) is 8.52. The number of nitrogens with zero attached hydrogens (tertiary/aromatic N) is 3. The fourth-order valence-electron chi connectivity index (χ4n) is 5.73. The van der Waals surface area contributed by atoms with E-state index in [1.165, 1.54) is 11.0 Å². The molecule has 0 unspecified atom stereocenters. The van der Waals surface area contributed by atoms with Gasteiger partial charge in [0.25, 0.3) is 5.88 Å². The predicted molar refractivity (Wildman–Crippen MR) is 190 cm³/mol. The Labute approximate surface area is 298 Å². The van der Waals surface area contributed by atoms with Crippen LogP contribution in [-0.4, -0.2) is 75.1 Å². The number of aromatic nitrogens is 2. The lowest BCUT2D eigenvalue weighted by molar-refractivity contribution is -0.141. The van der Waals surface area contributed by atoms with E-state index in [4.69, 9.17) is 27.9 Å². The van der Waals surface area contributed by atoms with Gasteiger partial charge >= 0.3 is 7.82 Å². The van der Waals surface area contributed by atoms with E-state index in [1.54, 1.807) is 52.9 Å². The monoisotopic (exact) mass is 734 g/mol. The van der Waals surface area contributed by atoms with Gasteiger partial charge in [-0.3, -0.25) is 23.2 Å². The molecule has 15 heteroatoms. The van der Waals surface area contributed by atoms with E-state index in [-0.39, 0.29) is 43.7 Å². The maximum atomic E-state index is 14.4. The Bertz CT molecular complexity index is 1620. The van der Waals surface area contributed by atoms with Gasteiger partial charge < -0.3 is 24.6 Å². The summed E-state index contributed by atoms with van der Waals surface area (Å²) < 4.78 is 42.8. The highest BCUT2D eigenvalue weighted by atomic mass is 32.1. The first-order valence-electron chi connectivity index (χ1n) is 16.8. The maximum absolute atomic E-state index is 14.4. The molecular weight excluding hydrogens is 683 g/mol. The molecule has 4 atom stereocenters. The van der Waals surface area contributed by atoms with Crippen molar-refractivity contribution in [1.29, 1.82) is 0 Å². The summed E-state index contributed by atoms with van der Waals surface area (Å²) in [5.74, 6) is -1.49. The van der Waals surface area contributed by atoms with E-state index in [0.717, 1.165) is 21.7 Å². The minimum atomic E-state index is -4.18. The maximum Gasteiger partial charge on any atom is 0.476 e. The lowest BCUT2D eigenvalue weighted by Crippen LogP contribution is -2.48. The zero-order valence-electron chi connectivity index (χ0n) is 30.6. The van der Waals surface area contributed by atoms with E-state index in [0.29, 0.717) is 0 Å². The molecule has 3 heterocycles. The number of nitrogens with one attached hydrogen (secondary N) is 1. The van der Waals surface area contributed by atoms with Gasteiger partial charge in [0.1, 0.15) is 18.6 Å². The first-order valence-corrected chi connectivity index (χ1v) is 19.1. The molecular formula is C35H51N4O9PS. The second-order valence-electron chi connectivity index (χ2n) is 14.8. The summed E-state index contributed by atoms with van der Waals surface area (Å²) in [6, 6.07) is 8.07. The topological polar surface area (TPSA) is 163 Å². The molecule has 1 aromatic carbocycles. The van der Waals surface area contributed by atoms with Crippen LogP contribution in [0.1, 0.15) is 97.7 Å². The second-order valence-corrected chi connectivity index (χ2v) is 17.1. The van der Waals surface area contributed by atoms with Crippen LogP contribution in [0.4, 0.5) is 0 Å². The molecule has 1 aliphatic heterocycles. The molecule has 0 aliphatic carbocycles. The van der Waals surface area contributed by atoms with Crippen molar-refractivity contribution in [2.75, 3.05) is 19.8 Å². The minimum Gasteiger partial charge on any atom is -0.473 e. The molecule has 0 bridgehead atoms. The van der Waals surface area contributed by atoms with Crippen LogP contribution >= 0.6 is 19.2 Å². The number of carbonyl (C=O) groups is 2. The molecule has 13 nitrogen and oxygen atoms in total. The van der Waals surface area contributed by atoms with Gasteiger partial charge in [0.15, 0.2) is 5.76 Å². The minimum absolute atomic E-state index is 0.0127. The quantitative estimate of drug-likeness (QED) is 0.167. The lowest BCUT2D eigenvalue weighted by Gasteiger charge is -2.32. The van der Waals surface area contributed by atoms with Gasteiger partial charge in [-0.2, -0.15) is 0 Å². The number of likely N-dealkylation sites (tertiary alicyclic amines) is 1. The molecule has 0 spiro atoms. The molecule has 0 radical (unpaired) electrons. The molecule has 2 N–H and O–H groups in total. The number of aliphatic hydroxyl groups excluding tert-OH is 1. The predicted octanol–water partition coefficient (Wildman–Crippen LogP) is 6.82. The van der Waals surface area contributed by atoms with Gasteiger partial charge in [0, 0.05) is 19.0 Å². The van der Waals surface area contributed by atoms with Crippen LogP contribution in [0.15, 0.2) is 40.4 Å². The van der Waals surface area contributed by atoms with Crippen LogP contribution in [0.5, 0.6) is 5.88 Å². The Morgan fingerprint density at radius 1 is 1.10 bits per heavy atom. The SMILES string of the molecule is Cc1ncsc1-c1ccc([C@H](C)NC(=O)[C@@H]2C[C@@H](OP(=O)(OC(C)(C)C)OC(C)(C)C)CN2C(=O)[C@@H](c2cc(OCCO)no2)C(C)C)cc1. The van der Waals surface area contributed by atoms with Crippen molar-refractivity contribution < 1.29 is 42.1 Å². The third kappa shape index (κ3) is 10.5. The largest absolute Gasteiger partial charge is 0.476 e. The van der Waals surface area contributed by atoms with Crippen molar-refractivity contribution in [1.82, 2.24) is 20.4 Å². The van der Waals surface area contributed by atoms with Crippen molar-refractivity contribution in [2.45, 2.75) is 111 Å². The number of phosphoric ester groups is 1. The number of carbonyl (C=O) groups excluding carboxylic acids is 2. The Hall–Kier alpha value is -3.13. The molecule has 0 saturated carbocycles. The molecule has 276 valence electrons. The Morgan fingerprint density at radius 2 is 1.74 bits per heavy atom. The zero-order chi connectivity index (χ0) is 37.0. The number of phosphoric acid groups is 1. The lowest BCUT2D eigenvalue weighted by atomic mass is 9.91. The summed E-state index contributed by atoms with van der Waals surface area (Å²) in [4.78, 5) is 35.4. The third-order valence-corrected chi connectivity index (χ3v) is 10.8. The number of rotatable bonds is 14. The molecule has 1 fully saturated rings. The molecule has 50 heavy (non-hydrogen) atoms. The number of aryl methyl sites for hydroxylation is 1. The highest BCUT2D eigenvalue weighted by Crippen LogP contribution is 2.57. The van der Waals surface area contributed by atoms with Crippen LogP contribution in [0.3, 0.4) is 0 Å². The van der Waals surface area contributed by atoms with E-state index in [2.05, 4.69) is 15.5 Å². The van der Waals surface area contributed by atoms with Crippen molar-refractivity contribution in [3.05, 3.63) is 52.9 Å². The van der Waals surface area contributed by atoms with Crippen LogP contribution in [0.25, 0.3) is 10.4 Å². The number of ether oxygens (including phenoxy) is 1. The highest BCUT2D eigenvalue weighted by Gasteiger charge is 2.48. The van der Waals surface area contributed by atoms with Gasteiger partial charge in [0.05, 0.1) is 46.0 Å². The summed E-state index contributed by atoms with van der Waals surface area (Å²) >= 11 is 1.57. The molecule has 2 amide bonds. The number of thiazole rings is 1. The van der Waals surface area contributed by atoms with Gasteiger partial charge in [-0.1, -0.05) is 38.1 Å². The molecule has 2 aromatic heterocycles.